The second kappa shape index (κ2) is 40.7. The van der Waals surface area contributed by atoms with E-state index in [4.69, 9.17) is 9.47 Å². The quantitative estimate of drug-likeness (QED) is 0.0265. The predicted octanol–water partition coefficient (Wildman–Crippen LogP) is 10.6. The lowest BCUT2D eigenvalue weighted by molar-refractivity contribution is -0.302. The summed E-state index contributed by atoms with van der Waals surface area (Å²) in [6.45, 7) is 3.64. The van der Waals surface area contributed by atoms with Crippen LogP contribution < -0.4 is 5.32 Å². The number of carbonyl (C=O) groups is 1. The number of allylic oxidation sites excluding steroid dienone is 11. The molecular formula is C51H89NO8. The number of carbonyl (C=O) groups excluding carboxylic acids is 1. The van der Waals surface area contributed by atoms with E-state index < -0.39 is 49.5 Å². The number of hydrogen-bond acceptors (Lipinski definition) is 8. The van der Waals surface area contributed by atoms with Crippen molar-refractivity contribution in [2.75, 3.05) is 13.2 Å². The van der Waals surface area contributed by atoms with E-state index in [1.54, 1.807) is 6.08 Å². The molecule has 0 aromatic carbocycles. The maximum absolute atomic E-state index is 13.0. The molecule has 1 amide bonds. The van der Waals surface area contributed by atoms with E-state index in [1.165, 1.54) is 77.0 Å². The molecule has 0 radical (unpaired) electrons. The van der Waals surface area contributed by atoms with Gasteiger partial charge in [-0.25, -0.2) is 0 Å². The van der Waals surface area contributed by atoms with Crippen LogP contribution >= 0.6 is 0 Å². The van der Waals surface area contributed by atoms with Crippen LogP contribution in [-0.4, -0.2) is 87.5 Å². The van der Waals surface area contributed by atoms with Crippen LogP contribution in [0.5, 0.6) is 0 Å². The Morgan fingerprint density at radius 1 is 0.583 bits per heavy atom. The maximum atomic E-state index is 13.0. The molecule has 346 valence electrons. The topological polar surface area (TPSA) is 149 Å². The van der Waals surface area contributed by atoms with Gasteiger partial charge in [-0.3, -0.25) is 4.79 Å². The molecule has 60 heavy (non-hydrogen) atoms. The van der Waals surface area contributed by atoms with Crippen molar-refractivity contribution in [1.82, 2.24) is 5.32 Å². The highest BCUT2D eigenvalue weighted by Crippen LogP contribution is 2.22. The van der Waals surface area contributed by atoms with Crippen molar-refractivity contribution in [2.24, 2.45) is 0 Å². The SMILES string of the molecule is CC/C=C\C/C=C\C/C=C\C/C=C\C/C=C\CCCCCCCC(=O)NC(COC1OC(CO)C(O)C(O)C1O)C(O)/C=C/CCCCCCCCCCCCCCCC. The van der Waals surface area contributed by atoms with Crippen LogP contribution in [-0.2, 0) is 14.3 Å². The minimum Gasteiger partial charge on any atom is -0.394 e. The second-order valence-electron chi connectivity index (χ2n) is 16.5. The van der Waals surface area contributed by atoms with Crippen molar-refractivity contribution in [3.63, 3.8) is 0 Å². The van der Waals surface area contributed by atoms with Gasteiger partial charge in [0.15, 0.2) is 6.29 Å². The Balaban J connectivity index is 2.36. The zero-order valence-corrected chi connectivity index (χ0v) is 37.9. The Bertz CT molecular complexity index is 1160. The highest BCUT2D eigenvalue weighted by molar-refractivity contribution is 5.76. The monoisotopic (exact) mass is 844 g/mol. The summed E-state index contributed by atoms with van der Waals surface area (Å²) in [6.07, 6.45) is 47.9. The molecule has 0 aromatic rings. The summed E-state index contributed by atoms with van der Waals surface area (Å²) in [4.78, 5) is 13.0. The van der Waals surface area contributed by atoms with Crippen LogP contribution in [0.4, 0.5) is 0 Å². The largest absolute Gasteiger partial charge is 0.394 e. The van der Waals surface area contributed by atoms with Crippen LogP contribution in [0.15, 0.2) is 72.9 Å². The highest BCUT2D eigenvalue weighted by Gasteiger charge is 2.44. The lowest BCUT2D eigenvalue weighted by Gasteiger charge is -2.40. The molecule has 9 heteroatoms. The van der Waals surface area contributed by atoms with Crippen LogP contribution in [0.1, 0.15) is 187 Å². The third-order valence-electron chi connectivity index (χ3n) is 11.0. The van der Waals surface area contributed by atoms with E-state index >= 15 is 0 Å². The first-order chi connectivity index (χ1) is 29.3. The molecule has 0 spiro atoms. The number of hydrogen-bond donors (Lipinski definition) is 6. The van der Waals surface area contributed by atoms with Gasteiger partial charge < -0.3 is 40.3 Å². The van der Waals surface area contributed by atoms with Crippen LogP contribution in [0, 0.1) is 0 Å². The third kappa shape index (κ3) is 30.6. The zero-order chi connectivity index (χ0) is 43.7. The van der Waals surface area contributed by atoms with E-state index in [1.807, 2.05) is 6.08 Å². The molecule has 7 unspecified atom stereocenters. The Morgan fingerprint density at radius 2 is 1.03 bits per heavy atom. The van der Waals surface area contributed by atoms with E-state index in [0.717, 1.165) is 89.9 Å². The average Bonchev–Trinajstić information content (AvgIpc) is 3.25. The molecule has 0 saturated carbocycles. The number of unbranched alkanes of at least 4 members (excludes halogenated alkanes) is 19. The van der Waals surface area contributed by atoms with Crippen molar-refractivity contribution in [3.05, 3.63) is 72.9 Å². The summed E-state index contributed by atoms with van der Waals surface area (Å²) in [5, 5.41) is 54.3. The molecule has 7 atom stereocenters. The summed E-state index contributed by atoms with van der Waals surface area (Å²) in [5.74, 6) is -0.199. The second-order valence-corrected chi connectivity index (χ2v) is 16.5. The van der Waals surface area contributed by atoms with Gasteiger partial charge in [0.2, 0.25) is 5.91 Å². The normalized spacial score (nSPS) is 21.2. The first-order valence-corrected chi connectivity index (χ1v) is 24.2. The Labute approximate surface area is 366 Å². The summed E-state index contributed by atoms with van der Waals surface area (Å²) in [6, 6.07) is -0.819. The average molecular weight is 844 g/mol. The van der Waals surface area contributed by atoms with E-state index in [-0.39, 0.29) is 12.5 Å². The Morgan fingerprint density at radius 3 is 1.53 bits per heavy atom. The van der Waals surface area contributed by atoms with Gasteiger partial charge in [0.1, 0.15) is 24.4 Å². The summed E-state index contributed by atoms with van der Waals surface area (Å²) in [5.41, 5.74) is 0. The van der Waals surface area contributed by atoms with Crippen LogP contribution in [0.25, 0.3) is 0 Å². The third-order valence-corrected chi connectivity index (χ3v) is 11.0. The fourth-order valence-electron chi connectivity index (χ4n) is 7.18. The number of ether oxygens (including phenoxy) is 2. The van der Waals surface area contributed by atoms with Crippen molar-refractivity contribution in [3.8, 4) is 0 Å². The number of aliphatic hydroxyl groups is 5. The van der Waals surface area contributed by atoms with Crippen LogP contribution in [0.3, 0.4) is 0 Å². The molecule has 6 N–H and O–H groups in total. The molecule has 0 aromatic heterocycles. The minimum absolute atomic E-state index is 0.199. The predicted molar refractivity (Wildman–Crippen MR) is 249 cm³/mol. The van der Waals surface area contributed by atoms with Gasteiger partial charge in [0, 0.05) is 6.42 Å². The summed E-state index contributed by atoms with van der Waals surface area (Å²) >= 11 is 0. The van der Waals surface area contributed by atoms with Gasteiger partial charge in [0.25, 0.3) is 0 Å². The van der Waals surface area contributed by atoms with Gasteiger partial charge in [-0.05, 0) is 64.2 Å². The molecule has 1 fully saturated rings. The molecular weight excluding hydrogens is 755 g/mol. The number of rotatable bonds is 39. The Hall–Kier alpha value is -2.37. The lowest BCUT2D eigenvalue weighted by atomic mass is 9.99. The highest BCUT2D eigenvalue weighted by atomic mass is 16.7. The fraction of sp³-hybridized carbons (Fsp3) is 0.745. The Kier molecular flexibility index (Phi) is 37.7. The maximum Gasteiger partial charge on any atom is 0.220 e. The van der Waals surface area contributed by atoms with Gasteiger partial charge in [0.05, 0.1) is 25.4 Å². The van der Waals surface area contributed by atoms with Gasteiger partial charge >= 0.3 is 0 Å². The fourth-order valence-corrected chi connectivity index (χ4v) is 7.18. The van der Waals surface area contributed by atoms with Crippen molar-refractivity contribution < 1.29 is 39.8 Å². The molecule has 0 aliphatic carbocycles. The standard InChI is InChI=1S/C51H89NO8/c1-3-5-7-9-11-13-15-17-19-21-22-23-24-25-27-29-31-33-35-37-39-41-47(55)52-44(43-59-51-50(58)49(57)48(56)46(42-53)60-51)45(54)40-38-36-34-32-30-28-26-20-18-16-14-12-10-8-6-4-2/h5,7,11,13,17,19,22-23,25,27,38,40,44-46,48-51,53-54,56-58H,3-4,6,8-10,12,14-16,18,20-21,24,26,28-37,39,41-43H2,1-2H3,(H,52,55)/b7-5-,13-11-,19-17-,23-22-,27-25-,40-38+. The summed E-state index contributed by atoms with van der Waals surface area (Å²) < 4.78 is 11.2. The lowest BCUT2D eigenvalue weighted by Crippen LogP contribution is -2.60. The van der Waals surface area contributed by atoms with E-state index in [9.17, 15) is 30.3 Å². The van der Waals surface area contributed by atoms with E-state index in [0.29, 0.717) is 6.42 Å². The molecule has 9 nitrogen and oxygen atoms in total. The molecule has 1 rings (SSSR count). The smallest absolute Gasteiger partial charge is 0.220 e. The summed E-state index contributed by atoms with van der Waals surface area (Å²) in [7, 11) is 0. The number of nitrogens with one attached hydrogen (secondary N) is 1. The molecule has 1 aliphatic rings. The zero-order valence-electron chi connectivity index (χ0n) is 37.9. The number of aliphatic hydroxyl groups excluding tert-OH is 5. The minimum atomic E-state index is -1.57. The number of amides is 1. The molecule has 1 aliphatic heterocycles. The van der Waals surface area contributed by atoms with Gasteiger partial charge in [-0.1, -0.05) is 189 Å². The molecule has 1 saturated heterocycles. The van der Waals surface area contributed by atoms with Gasteiger partial charge in [-0.15, -0.1) is 0 Å². The van der Waals surface area contributed by atoms with E-state index in [2.05, 4.69) is 79.9 Å². The first-order valence-electron chi connectivity index (χ1n) is 24.2. The van der Waals surface area contributed by atoms with Crippen molar-refractivity contribution in [1.29, 1.82) is 0 Å². The molecule has 0 bridgehead atoms. The van der Waals surface area contributed by atoms with Crippen molar-refractivity contribution >= 4 is 5.91 Å². The first kappa shape index (κ1) is 55.6. The van der Waals surface area contributed by atoms with Crippen LogP contribution in [0.2, 0.25) is 0 Å². The molecule has 1 heterocycles. The van der Waals surface area contributed by atoms with Crippen molar-refractivity contribution in [2.45, 2.75) is 230 Å². The van der Waals surface area contributed by atoms with Gasteiger partial charge in [-0.2, -0.15) is 0 Å².